The van der Waals surface area contributed by atoms with Crippen LogP contribution in [0.1, 0.15) is 30.1 Å². The third kappa shape index (κ3) is 3.28. The lowest BCUT2D eigenvalue weighted by Gasteiger charge is -2.21. The smallest absolute Gasteiger partial charge is 0.264 e. The van der Waals surface area contributed by atoms with Crippen molar-refractivity contribution in [3.63, 3.8) is 0 Å². The van der Waals surface area contributed by atoms with Gasteiger partial charge in [-0.15, -0.1) is 0 Å². The van der Waals surface area contributed by atoms with Gasteiger partial charge in [0.15, 0.2) is 0 Å². The first-order valence-electron chi connectivity index (χ1n) is 6.11. The number of carbonyl (C=O) groups is 1. The highest BCUT2D eigenvalue weighted by Crippen LogP contribution is 2.38. The average Bonchev–Trinajstić information content (AvgIpc) is 3.17. The predicted molar refractivity (Wildman–Crippen MR) is 79.2 cm³/mol. The third-order valence-corrected chi connectivity index (χ3v) is 5.52. The lowest BCUT2D eigenvalue weighted by atomic mass is 10.2. The summed E-state index contributed by atoms with van der Waals surface area (Å²) in [7, 11) is 0.836. The summed E-state index contributed by atoms with van der Waals surface area (Å²) in [5.74, 6) is -1.60. The molecule has 1 aliphatic carbocycles. The summed E-state index contributed by atoms with van der Waals surface area (Å²) in [4.78, 5) is 13.2. The number of benzene rings is 1. The monoisotopic (exact) mass is 373 g/mol. The molecule has 0 spiro atoms. The van der Waals surface area contributed by atoms with Gasteiger partial charge in [0, 0.05) is 23.3 Å². The van der Waals surface area contributed by atoms with Crippen LogP contribution in [0.2, 0.25) is 10.0 Å². The Morgan fingerprint density at radius 3 is 2.38 bits per heavy atom. The largest absolute Gasteiger partial charge is 0.336 e. The molecule has 1 aliphatic rings. The summed E-state index contributed by atoms with van der Waals surface area (Å²) >= 11 is 11.5. The topological polar surface area (TPSA) is 54.5 Å². The molecule has 4 nitrogen and oxygen atoms in total. The minimum atomic E-state index is -4.38. The molecule has 2 rings (SSSR count). The molecule has 1 aromatic rings. The van der Waals surface area contributed by atoms with Gasteiger partial charge in [0.2, 0.25) is 0 Å². The Labute approximate surface area is 136 Å². The molecule has 9 heteroatoms. The Morgan fingerprint density at radius 2 is 1.95 bits per heavy atom. The van der Waals surface area contributed by atoms with E-state index >= 15 is 0 Å². The molecule has 21 heavy (non-hydrogen) atoms. The van der Waals surface area contributed by atoms with E-state index in [4.69, 9.17) is 33.9 Å². The Morgan fingerprint density at radius 1 is 1.38 bits per heavy atom. The molecule has 0 saturated heterocycles. The number of carbonyl (C=O) groups excluding carboxylic acids is 1. The first-order chi connectivity index (χ1) is 9.68. The number of nitrogens with zero attached hydrogens (tertiary/aromatic N) is 1. The standard InChI is InChI=1S/C12H11Cl3FNO3S/c1-2-17(6-3-4-6)12(18)7-5-8(16)10(14)11(9(7)13)21(15,19)20/h5-6H,2-4H2,1H3. The second-order valence-corrected chi connectivity index (χ2v) is 7.88. The van der Waals surface area contributed by atoms with Crippen molar-refractivity contribution in [2.45, 2.75) is 30.7 Å². The van der Waals surface area contributed by atoms with Crippen molar-refractivity contribution in [1.82, 2.24) is 4.90 Å². The van der Waals surface area contributed by atoms with Crippen molar-refractivity contribution in [3.05, 3.63) is 27.5 Å². The number of rotatable bonds is 4. The van der Waals surface area contributed by atoms with Crippen LogP contribution in [-0.4, -0.2) is 31.8 Å². The molecular weight excluding hydrogens is 364 g/mol. The Hall–Kier alpha value is -0.560. The van der Waals surface area contributed by atoms with Crippen molar-refractivity contribution in [2.24, 2.45) is 0 Å². The van der Waals surface area contributed by atoms with E-state index in [1.807, 2.05) is 0 Å². The summed E-state index contributed by atoms with van der Waals surface area (Å²) in [6.07, 6.45) is 1.71. The fourth-order valence-electron chi connectivity index (χ4n) is 2.06. The van der Waals surface area contributed by atoms with Gasteiger partial charge in [-0.3, -0.25) is 4.79 Å². The Bertz CT molecular complexity index is 704. The van der Waals surface area contributed by atoms with E-state index in [-0.39, 0.29) is 11.6 Å². The van der Waals surface area contributed by atoms with Crippen molar-refractivity contribution in [2.75, 3.05) is 6.54 Å². The maximum Gasteiger partial charge on any atom is 0.264 e. The highest BCUT2D eigenvalue weighted by atomic mass is 35.7. The maximum absolute atomic E-state index is 13.8. The van der Waals surface area contributed by atoms with Gasteiger partial charge >= 0.3 is 0 Å². The van der Waals surface area contributed by atoms with E-state index in [2.05, 4.69) is 0 Å². The molecule has 116 valence electrons. The predicted octanol–water partition coefficient (Wildman–Crippen LogP) is 3.68. The van der Waals surface area contributed by atoms with Crippen LogP contribution in [0.4, 0.5) is 4.39 Å². The van der Waals surface area contributed by atoms with Gasteiger partial charge in [-0.1, -0.05) is 23.2 Å². The molecule has 0 heterocycles. The second-order valence-electron chi connectivity index (χ2n) is 4.62. The van der Waals surface area contributed by atoms with Crippen molar-refractivity contribution >= 4 is 48.8 Å². The van der Waals surface area contributed by atoms with Gasteiger partial charge in [-0.05, 0) is 25.8 Å². The van der Waals surface area contributed by atoms with Crippen LogP contribution in [0.15, 0.2) is 11.0 Å². The van der Waals surface area contributed by atoms with E-state index in [1.165, 1.54) is 4.90 Å². The van der Waals surface area contributed by atoms with E-state index < -0.39 is 35.7 Å². The highest BCUT2D eigenvalue weighted by Gasteiger charge is 2.35. The van der Waals surface area contributed by atoms with Gasteiger partial charge in [-0.25, -0.2) is 12.8 Å². The molecule has 0 aliphatic heterocycles. The zero-order valence-corrected chi connectivity index (χ0v) is 14.0. The summed E-state index contributed by atoms with van der Waals surface area (Å²) in [6.45, 7) is 2.18. The van der Waals surface area contributed by atoms with Crippen LogP contribution in [0.25, 0.3) is 0 Å². The van der Waals surface area contributed by atoms with Crippen LogP contribution in [0, 0.1) is 5.82 Å². The molecule has 0 N–H and O–H groups in total. The summed E-state index contributed by atoms with van der Waals surface area (Å²) in [6, 6.07) is 0.914. The van der Waals surface area contributed by atoms with E-state index in [1.54, 1.807) is 6.92 Å². The summed E-state index contributed by atoms with van der Waals surface area (Å²) in [5, 5.41) is -1.18. The normalized spacial score (nSPS) is 15.1. The quantitative estimate of drug-likeness (QED) is 0.596. The molecule has 0 atom stereocenters. The molecule has 0 unspecified atom stereocenters. The molecule has 0 bridgehead atoms. The SMILES string of the molecule is CCN(C(=O)c1cc(F)c(Cl)c(S(=O)(=O)Cl)c1Cl)C1CC1. The van der Waals surface area contributed by atoms with E-state index in [0.29, 0.717) is 6.54 Å². The van der Waals surface area contributed by atoms with Crippen LogP contribution in [0.3, 0.4) is 0 Å². The fourth-order valence-corrected chi connectivity index (χ4v) is 4.43. The summed E-state index contributed by atoms with van der Waals surface area (Å²) in [5.41, 5.74) is -0.258. The van der Waals surface area contributed by atoms with Gasteiger partial charge in [0.05, 0.1) is 15.6 Å². The number of amides is 1. The molecule has 1 amide bonds. The van der Waals surface area contributed by atoms with E-state index in [9.17, 15) is 17.6 Å². The van der Waals surface area contributed by atoms with Crippen LogP contribution >= 0.6 is 33.9 Å². The molecule has 1 fully saturated rings. The van der Waals surface area contributed by atoms with Crippen molar-refractivity contribution in [3.8, 4) is 0 Å². The first-order valence-corrected chi connectivity index (χ1v) is 9.18. The first kappa shape index (κ1) is 16.8. The minimum absolute atomic E-state index is 0.0772. The molecule has 0 aromatic heterocycles. The Balaban J connectivity index is 2.60. The highest BCUT2D eigenvalue weighted by molar-refractivity contribution is 8.14. The fraction of sp³-hybridized carbons (Fsp3) is 0.417. The van der Waals surface area contributed by atoms with Crippen LogP contribution < -0.4 is 0 Å². The van der Waals surface area contributed by atoms with Crippen molar-refractivity contribution < 1.29 is 17.6 Å². The van der Waals surface area contributed by atoms with Gasteiger partial charge in [0.1, 0.15) is 10.7 Å². The van der Waals surface area contributed by atoms with Gasteiger partial charge in [-0.2, -0.15) is 0 Å². The lowest BCUT2D eigenvalue weighted by molar-refractivity contribution is 0.0752. The zero-order valence-electron chi connectivity index (χ0n) is 10.9. The second kappa shape index (κ2) is 5.91. The number of halogens is 4. The van der Waals surface area contributed by atoms with Crippen LogP contribution in [-0.2, 0) is 9.05 Å². The maximum atomic E-state index is 13.8. The zero-order chi connectivity index (χ0) is 15.9. The average molecular weight is 375 g/mol. The van der Waals surface area contributed by atoms with Crippen molar-refractivity contribution in [1.29, 1.82) is 0 Å². The molecule has 1 aromatic carbocycles. The number of hydrogen-bond donors (Lipinski definition) is 0. The molecular formula is C12H11Cl3FNO3S. The third-order valence-electron chi connectivity index (χ3n) is 3.18. The van der Waals surface area contributed by atoms with Crippen LogP contribution in [0.5, 0.6) is 0 Å². The van der Waals surface area contributed by atoms with Gasteiger partial charge in [0.25, 0.3) is 15.0 Å². The number of hydrogen-bond acceptors (Lipinski definition) is 3. The molecule has 1 saturated carbocycles. The van der Waals surface area contributed by atoms with E-state index in [0.717, 1.165) is 18.9 Å². The minimum Gasteiger partial charge on any atom is -0.336 e. The molecule has 0 radical (unpaired) electrons. The Kier molecular flexibility index (Phi) is 4.73. The summed E-state index contributed by atoms with van der Waals surface area (Å²) < 4.78 is 36.8. The lowest BCUT2D eigenvalue weighted by Crippen LogP contribution is -2.33. The van der Waals surface area contributed by atoms with Gasteiger partial charge < -0.3 is 4.90 Å².